The summed E-state index contributed by atoms with van der Waals surface area (Å²) in [4.78, 5) is 24.3. The Bertz CT molecular complexity index is 786. The third-order valence-corrected chi connectivity index (χ3v) is 3.77. The molecule has 0 unspecified atom stereocenters. The van der Waals surface area contributed by atoms with Crippen molar-refractivity contribution >= 4 is 11.8 Å². The average Bonchev–Trinajstić information content (AvgIpc) is 3.02. The maximum Gasteiger partial charge on any atom is 0.269 e. The van der Waals surface area contributed by atoms with Gasteiger partial charge in [-0.25, -0.2) is 0 Å². The van der Waals surface area contributed by atoms with Gasteiger partial charge in [0, 0.05) is 11.1 Å². The lowest BCUT2D eigenvalue weighted by Gasteiger charge is -2.10. The van der Waals surface area contributed by atoms with Crippen molar-refractivity contribution in [3.63, 3.8) is 0 Å². The predicted molar refractivity (Wildman–Crippen MR) is 83.4 cm³/mol. The molecule has 0 fully saturated rings. The molecule has 2 amide bonds. The lowest BCUT2D eigenvalue weighted by Crippen LogP contribution is -2.41. The summed E-state index contributed by atoms with van der Waals surface area (Å²) in [6, 6.07) is 10.3. The maximum absolute atomic E-state index is 12.2. The van der Waals surface area contributed by atoms with E-state index in [0.717, 1.165) is 11.1 Å². The molecule has 3 rings (SSSR count). The molecular formula is C17H16N2O4. The Morgan fingerprint density at radius 3 is 2.52 bits per heavy atom. The van der Waals surface area contributed by atoms with Gasteiger partial charge in [0.15, 0.2) is 11.5 Å². The molecular weight excluding hydrogens is 296 g/mol. The number of rotatable bonds is 2. The molecule has 2 N–H and O–H groups in total. The highest BCUT2D eigenvalue weighted by Gasteiger charge is 2.17. The van der Waals surface area contributed by atoms with Gasteiger partial charge in [0.05, 0.1) is 0 Å². The van der Waals surface area contributed by atoms with Crippen LogP contribution in [0.15, 0.2) is 36.4 Å². The Labute approximate surface area is 133 Å². The van der Waals surface area contributed by atoms with Gasteiger partial charge in [-0.3, -0.25) is 20.4 Å². The Hall–Kier alpha value is -3.02. The number of hydrogen-bond acceptors (Lipinski definition) is 4. The summed E-state index contributed by atoms with van der Waals surface area (Å²) < 4.78 is 10.4. The second kappa shape index (κ2) is 6.00. The number of aryl methyl sites for hydroxylation is 1. The number of amides is 2. The third-order valence-electron chi connectivity index (χ3n) is 3.77. The van der Waals surface area contributed by atoms with Crippen LogP contribution in [0.2, 0.25) is 0 Å². The van der Waals surface area contributed by atoms with Crippen molar-refractivity contribution in [2.24, 2.45) is 0 Å². The van der Waals surface area contributed by atoms with E-state index in [4.69, 9.17) is 9.47 Å². The number of carbonyl (C=O) groups is 2. The minimum absolute atomic E-state index is 0.143. The highest BCUT2D eigenvalue weighted by Crippen LogP contribution is 2.32. The second-order valence-electron chi connectivity index (χ2n) is 5.22. The minimum Gasteiger partial charge on any atom is -0.454 e. The highest BCUT2D eigenvalue weighted by molar-refractivity contribution is 6.00. The molecule has 0 saturated heterocycles. The molecule has 23 heavy (non-hydrogen) atoms. The number of hydrazine groups is 1. The predicted octanol–water partition coefficient (Wildman–Crippen LogP) is 2.11. The van der Waals surface area contributed by atoms with Gasteiger partial charge < -0.3 is 9.47 Å². The SMILES string of the molecule is Cc1cccc(C(=O)NNC(=O)c2ccc3c(c2)OCO3)c1C. The third kappa shape index (κ3) is 2.96. The number of nitrogens with one attached hydrogen (secondary N) is 2. The summed E-state index contributed by atoms with van der Waals surface area (Å²) in [6.07, 6.45) is 0. The first-order chi connectivity index (χ1) is 11.1. The molecule has 0 aliphatic carbocycles. The molecule has 0 radical (unpaired) electrons. The fourth-order valence-corrected chi connectivity index (χ4v) is 2.29. The second-order valence-corrected chi connectivity index (χ2v) is 5.22. The molecule has 1 aliphatic heterocycles. The van der Waals surface area contributed by atoms with E-state index < -0.39 is 5.91 Å². The van der Waals surface area contributed by atoms with Crippen molar-refractivity contribution in [3.05, 3.63) is 58.7 Å². The van der Waals surface area contributed by atoms with Crippen LogP contribution in [0, 0.1) is 13.8 Å². The first kappa shape index (κ1) is 14.9. The van der Waals surface area contributed by atoms with Crippen LogP contribution < -0.4 is 20.3 Å². The van der Waals surface area contributed by atoms with Gasteiger partial charge in [-0.15, -0.1) is 0 Å². The van der Waals surface area contributed by atoms with E-state index in [1.54, 1.807) is 30.3 Å². The fourth-order valence-electron chi connectivity index (χ4n) is 2.29. The van der Waals surface area contributed by atoms with Crippen molar-refractivity contribution in [1.29, 1.82) is 0 Å². The lowest BCUT2D eigenvalue weighted by molar-refractivity contribution is 0.0846. The zero-order chi connectivity index (χ0) is 16.4. The Morgan fingerprint density at radius 1 is 0.957 bits per heavy atom. The summed E-state index contributed by atoms with van der Waals surface area (Å²) in [5.74, 6) is 0.321. The number of fused-ring (bicyclic) bond motifs is 1. The molecule has 1 heterocycles. The molecule has 0 spiro atoms. The van der Waals surface area contributed by atoms with Gasteiger partial charge in [0.2, 0.25) is 6.79 Å². The molecule has 118 valence electrons. The van der Waals surface area contributed by atoms with Crippen LogP contribution >= 0.6 is 0 Å². The van der Waals surface area contributed by atoms with E-state index in [0.29, 0.717) is 22.6 Å². The molecule has 6 heteroatoms. The van der Waals surface area contributed by atoms with Crippen LogP contribution in [-0.4, -0.2) is 18.6 Å². The maximum atomic E-state index is 12.2. The minimum atomic E-state index is -0.429. The molecule has 0 aromatic heterocycles. The van der Waals surface area contributed by atoms with Crippen LogP contribution in [0.5, 0.6) is 11.5 Å². The van der Waals surface area contributed by atoms with E-state index in [2.05, 4.69) is 10.9 Å². The summed E-state index contributed by atoms with van der Waals surface area (Å²) in [5, 5.41) is 0. The molecule has 1 aliphatic rings. The van der Waals surface area contributed by atoms with E-state index in [9.17, 15) is 9.59 Å². The Balaban J connectivity index is 1.67. The van der Waals surface area contributed by atoms with Gasteiger partial charge in [-0.1, -0.05) is 12.1 Å². The average molecular weight is 312 g/mol. The number of hydrogen-bond donors (Lipinski definition) is 2. The summed E-state index contributed by atoms with van der Waals surface area (Å²) >= 11 is 0. The molecule has 0 atom stereocenters. The topological polar surface area (TPSA) is 76.7 Å². The standard InChI is InChI=1S/C17H16N2O4/c1-10-4-3-5-13(11(10)2)17(21)19-18-16(20)12-6-7-14-15(8-12)23-9-22-14/h3-8H,9H2,1-2H3,(H,18,20)(H,19,21). The number of carbonyl (C=O) groups excluding carboxylic acids is 2. The zero-order valence-corrected chi connectivity index (χ0v) is 12.8. The first-order valence-electron chi connectivity index (χ1n) is 7.13. The molecule has 0 saturated carbocycles. The quantitative estimate of drug-likeness (QED) is 0.833. The molecule has 0 bridgehead atoms. The van der Waals surface area contributed by atoms with Gasteiger partial charge in [-0.05, 0) is 49.2 Å². The van der Waals surface area contributed by atoms with Crippen molar-refractivity contribution in [2.45, 2.75) is 13.8 Å². The van der Waals surface area contributed by atoms with Crippen LogP contribution in [0.1, 0.15) is 31.8 Å². The van der Waals surface area contributed by atoms with Crippen LogP contribution in [0.3, 0.4) is 0 Å². The van der Waals surface area contributed by atoms with E-state index in [1.165, 1.54) is 0 Å². The van der Waals surface area contributed by atoms with Crippen LogP contribution in [0.25, 0.3) is 0 Å². The zero-order valence-electron chi connectivity index (χ0n) is 12.8. The molecule has 6 nitrogen and oxygen atoms in total. The first-order valence-corrected chi connectivity index (χ1v) is 7.13. The smallest absolute Gasteiger partial charge is 0.269 e. The van der Waals surface area contributed by atoms with Crippen molar-refractivity contribution < 1.29 is 19.1 Å². The lowest BCUT2D eigenvalue weighted by atomic mass is 10.0. The fraction of sp³-hybridized carbons (Fsp3) is 0.176. The summed E-state index contributed by atoms with van der Waals surface area (Å²) in [5.41, 5.74) is 7.61. The number of ether oxygens (including phenoxy) is 2. The van der Waals surface area contributed by atoms with E-state index >= 15 is 0 Å². The largest absolute Gasteiger partial charge is 0.454 e. The van der Waals surface area contributed by atoms with E-state index in [1.807, 2.05) is 19.9 Å². The Morgan fingerprint density at radius 2 is 1.70 bits per heavy atom. The van der Waals surface area contributed by atoms with Crippen LogP contribution in [0.4, 0.5) is 0 Å². The number of benzene rings is 2. The van der Waals surface area contributed by atoms with Crippen molar-refractivity contribution in [2.75, 3.05) is 6.79 Å². The van der Waals surface area contributed by atoms with Crippen molar-refractivity contribution in [1.82, 2.24) is 10.9 Å². The van der Waals surface area contributed by atoms with Gasteiger partial charge in [0.25, 0.3) is 11.8 Å². The normalized spacial score (nSPS) is 11.9. The Kier molecular flexibility index (Phi) is 3.89. The van der Waals surface area contributed by atoms with Crippen LogP contribution in [-0.2, 0) is 0 Å². The van der Waals surface area contributed by atoms with Gasteiger partial charge in [-0.2, -0.15) is 0 Å². The van der Waals surface area contributed by atoms with Crippen molar-refractivity contribution in [3.8, 4) is 11.5 Å². The molecule has 2 aromatic carbocycles. The molecule has 2 aromatic rings. The monoisotopic (exact) mass is 312 g/mol. The van der Waals surface area contributed by atoms with Gasteiger partial charge in [0.1, 0.15) is 0 Å². The highest BCUT2D eigenvalue weighted by atomic mass is 16.7. The van der Waals surface area contributed by atoms with Gasteiger partial charge >= 0.3 is 0 Å². The summed E-state index contributed by atoms with van der Waals surface area (Å²) in [7, 11) is 0. The summed E-state index contributed by atoms with van der Waals surface area (Å²) in [6.45, 7) is 3.94. The van der Waals surface area contributed by atoms with E-state index in [-0.39, 0.29) is 12.7 Å².